The smallest absolute Gasteiger partial charge is 0.250 e. The fraction of sp³-hybridized carbons (Fsp3) is 0.462. The predicted molar refractivity (Wildman–Crippen MR) is 76.8 cm³/mol. The van der Waals surface area contributed by atoms with Gasteiger partial charge in [-0.15, -0.1) is 12.4 Å². The molecule has 0 heterocycles. The van der Waals surface area contributed by atoms with Gasteiger partial charge in [0.15, 0.2) is 0 Å². The third-order valence-electron chi connectivity index (χ3n) is 2.80. The minimum Gasteiger partial charge on any atom is -0.495 e. The summed E-state index contributed by atoms with van der Waals surface area (Å²) in [6, 6.07) is 5.13. The molecule has 1 aliphatic rings. The number of benzene rings is 1. The molecule has 19 heavy (non-hydrogen) atoms. The molecular formula is C13H19ClN2O3. The maximum atomic E-state index is 11.6. The average molecular weight is 287 g/mol. The lowest BCUT2D eigenvalue weighted by molar-refractivity contribution is -0.120. The van der Waals surface area contributed by atoms with E-state index in [-0.39, 0.29) is 24.9 Å². The summed E-state index contributed by atoms with van der Waals surface area (Å²) >= 11 is 0. The maximum Gasteiger partial charge on any atom is 0.250 e. The van der Waals surface area contributed by atoms with Crippen molar-refractivity contribution in [1.82, 2.24) is 0 Å². The number of anilines is 2. The first kappa shape index (κ1) is 15.6. The van der Waals surface area contributed by atoms with Crippen LogP contribution in [0.5, 0.6) is 5.75 Å². The second-order valence-electron chi connectivity index (χ2n) is 4.46. The van der Waals surface area contributed by atoms with Crippen LogP contribution >= 0.6 is 12.4 Å². The summed E-state index contributed by atoms with van der Waals surface area (Å²) in [7, 11) is 1.55. The summed E-state index contributed by atoms with van der Waals surface area (Å²) in [5.74, 6) is 1.09. The molecule has 1 aliphatic carbocycles. The lowest BCUT2D eigenvalue weighted by Crippen LogP contribution is -2.19. The van der Waals surface area contributed by atoms with E-state index in [1.165, 1.54) is 12.8 Å². The topological polar surface area (TPSA) is 73.6 Å². The Morgan fingerprint density at radius 2 is 2.21 bits per heavy atom. The lowest BCUT2D eigenvalue weighted by atomic mass is 10.2. The molecule has 2 rings (SSSR count). The van der Waals surface area contributed by atoms with E-state index in [4.69, 9.17) is 15.2 Å². The van der Waals surface area contributed by atoms with Gasteiger partial charge in [0.1, 0.15) is 12.4 Å². The van der Waals surface area contributed by atoms with Gasteiger partial charge in [0.2, 0.25) is 5.91 Å². The normalized spacial score (nSPS) is 13.5. The number of hydrogen-bond donors (Lipinski definition) is 2. The van der Waals surface area contributed by atoms with Crippen LogP contribution in [0.4, 0.5) is 11.4 Å². The molecule has 1 amide bonds. The number of carbonyl (C=O) groups excluding carboxylic acids is 1. The van der Waals surface area contributed by atoms with E-state index in [9.17, 15) is 4.79 Å². The Morgan fingerprint density at radius 3 is 2.79 bits per heavy atom. The predicted octanol–water partition coefficient (Wildman–Crippen LogP) is 2.06. The SMILES string of the molecule is COc1ccc(NC(=O)COCC2CC2)cc1N.Cl. The second kappa shape index (κ2) is 7.21. The number of rotatable bonds is 6. The van der Waals surface area contributed by atoms with Crippen LogP contribution in [0.3, 0.4) is 0 Å². The van der Waals surface area contributed by atoms with Gasteiger partial charge in [-0.1, -0.05) is 0 Å². The highest BCUT2D eigenvalue weighted by Crippen LogP contribution is 2.28. The Morgan fingerprint density at radius 1 is 1.47 bits per heavy atom. The van der Waals surface area contributed by atoms with E-state index < -0.39 is 0 Å². The van der Waals surface area contributed by atoms with Gasteiger partial charge in [-0.25, -0.2) is 0 Å². The molecule has 0 aromatic heterocycles. The van der Waals surface area contributed by atoms with Gasteiger partial charge in [0.05, 0.1) is 19.4 Å². The molecule has 3 N–H and O–H groups in total. The van der Waals surface area contributed by atoms with E-state index in [1.54, 1.807) is 25.3 Å². The number of halogens is 1. The van der Waals surface area contributed by atoms with E-state index in [2.05, 4.69) is 5.32 Å². The van der Waals surface area contributed by atoms with Crippen LogP contribution in [-0.2, 0) is 9.53 Å². The van der Waals surface area contributed by atoms with Gasteiger partial charge in [0, 0.05) is 5.69 Å². The first-order valence-corrected chi connectivity index (χ1v) is 6.00. The van der Waals surface area contributed by atoms with Crippen molar-refractivity contribution in [2.24, 2.45) is 5.92 Å². The minimum atomic E-state index is -0.166. The van der Waals surface area contributed by atoms with Crippen LogP contribution in [-0.4, -0.2) is 26.2 Å². The largest absolute Gasteiger partial charge is 0.495 e. The number of nitrogens with one attached hydrogen (secondary N) is 1. The number of hydrogen-bond acceptors (Lipinski definition) is 4. The Labute approximate surface area is 118 Å². The molecule has 0 atom stereocenters. The maximum absolute atomic E-state index is 11.6. The first-order chi connectivity index (χ1) is 8.69. The summed E-state index contributed by atoms with van der Waals surface area (Å²) in [6.07, 6.45) is 2.44. The Bertz CT molecular complexity index is 436. The standard InChI is InChI=1S/C13H18N2O3.ClH/c1-17-12-5-4-10(6-11(12)14)15-13(16)8-18-7-9-2-3-9;/h4-6,9H,2-3,7-8,14H2,1H3,(H,15,16);1H. The summed E-state index contributed by atoms with van der Waals surface area (Å²) in [6.45, 7) is 0.764. The van der Waals surface area contributed by atoms with Gasteiger partial charge >= 0.3 is 0 Å². The number of methoxy groups -OCH3 is 1. The van der Waals surface area contributed by atoms with Crippen LogP contribution in [0.15, 0.2) is 18.2 Å². The molecule has 1 aromatic rings. The van der Waals surface area contributed by atoms with E-state index >= 15 is 0 Å². The third-order valence-corrected chi connectivity index (χ3v) is 2.80. The van der Waals surface area contributed by atoms with Crippen molar-refractivity contribution in [3.8, 4) is 5.75 Å². The minimum absolute atomic E-state index is 0. The number of ether oxygens (including phenoxy) is 2. The molecule has 1 aromatic carbocycles. The Balaban J connectivity index is 0.00000180. The monoisotopic (exact) mass is 286 g/mol. The molecule has 0 spiro atoms. The quantitative estimate of drug-likeness (QED) is 0.785. The van der Waals surface area contributed by atoms with Crippen molar-refractivity contribution < 1.29 is 14.3 Å². The van der Waals surface area contributed by atoms with Crippen LogP contribution < -0.4 is 15.8 Å². The molecule has 1 fully saturated rings. The summed E-state index contributed by atoms with van der Waals surface area (Å²) in [4.78, 5) is 11.6. The highest BCUT2D eigenvalue weighted by atomic mass is 35.5. The molecule has 0 unspecified atom stereocenters. The molecule has 0 aliphatic heterocycles. The Hall–Kier alpha value is -1.46. The van der Waals surface area contributed by atoms with Crippen molar-refractivity contribution in [1.29, 1.82) is 0 Å². The second-order valence-corrected chi connectivity index (χ2v) is 4.46. The zero-order valence-corrected chi connectivity index (χ0v) is 11.7. The molecule has 1 saturated carbocycles. The highest BCUT2D eigenvalue weighted by Gasteiger charge is 2.21. The fourth-order valence-electron chi connectivity index (χ4n) is 1.61. The van der Waals surface area contributed by atoms with Crippen LogP contribution in [0.25, 0.3) is 0 Å². The molecule has 0 saturated heterocycles. The van der Waals surface area contributed by atoms with E-state index in [0.717, 1.165) is 0 Å². The van der Waals surface area contributed by atoms with Gasteiger partial charge < -0.3 is 20.5 Å². The zero-order valence-electron chi connectivity index (χ0n) is 10.8. The zero-order chi connectivity index (χ0) is 13.0. The van der Waals surface area contributed by atoms with Gasteiger partial charge in [-0.05, 0) is 37.0 Å². The van der Waals surface area contributed by atoms with Crippen molar-refractivity contribution in [3.63, 3.8) is 0 Å². The van der Waals surface area contributed by atoms with Crippen molar-refractivity contribution >= 4 is 29.7 Å². The number of nitrogens with two attached hydrogens (primary N) is 1. The van der Waals surface area contributed by atoms with Crippen LogP contribution in [0, 0.1) is 5.92 Å². The van der Waals surface area contributed by atoms with Crippen molar-refractivity contribution in [2.45, 2.75) is 12.8 Å². The first-order valence-electron chi connectivity index (χ1n) is 6.00. The van der Waals surface area contributed by atoms with Crippen molar-refractivity contribution in [3.05, 3.63) is 18.2 Å². The number of amides is 1. The summed E-state index contributed by atoms with van der Waals surface area (Å²) in [5.41, 5.74) is 6.89. The van der Waals surface area contributed by atoms with Crippen LogP contribution in [0.2, 0.25) is 0 Å². The highest BCUT2D eigenvalue weighted by molar-refractivity contribution is 5.92. The third kappa shape index (κ3) is 4.96. The molecule has 0 radical (unpaired) electrons. The van der Waals surface area contributed by atoms with E-state index in [1.807, 2.05) is 0 Å². The van der Waals surface area contributed by atoms with Crippen molar-refractivity contribution in [2.75, 3.05) is 31.4 Å². The molecule has 5 nitrogen and oxygen atoms in total. The Kier molecular flexibility index (Phi) is 5.92. The average Bonchev–Trinajstić information content (AvgIpc) is 3.13. The molecule has 106 valence electrons. The molecule has 0 bridgehead atoms. The lowest BCUT2D eigenvalue weighted by Gasteiger charge is -2.09. The van der Waals surface area contributed by atoms with Gasteiger partial charge in [0.25, 0.3) is 0 Å². The van der Waals surface area contributed by atoms with Crippen LogP contribution in [0.1, 0.15) is 12.8 Å². The van der Waals surface area contributed by atoms with Gasteiger partial charge in [-0.3, -0.25) is 4.79 Å². The summed E-state index contributed by atoms with van der Waals surface area (Å²) in [5, 5.41) is 2.73. The van der Waals surface area contributed by atoms with E-state index in [0.29, 0.717) is 29.6 Å². The summed E-state index contributed by atoms with van der Waals surface area (Å²) < 4.78 is 10.3. The number of carbonyl (C=O) groups is 1. The molecule has 6 heteroatoms. The molecular weight excluding hydrogens is 268 g/mol. The fourth-order valence-corrected chi connectivity index (χ4v) is 1.61. The van der Waals surface area contributed by atoms with Gasteiger partial charge in [-0.2, -0.15) is 0 Å². The number of nitrogen functional groups attached to an aromatic ring is 1.